The average Bonchev–Trinajstić information content (AvgIpc) is 3.60. The summed E-state index contributed by atoms with van der Waals surface area (Å²) in [6.07, 6.45) is 2.02. The van der Waals surface area contributed by atoms with Gasteiger partial charge in [-0.25, -0.2) is 4.68 Å². The maximum Gasteiger partial charge on any atom is 0.242 e. The molecule has 3 aromatic carbocycles. The van der Waals surface area contributed by atoms with Gasteiger partial charge in [0.15, 0.2) is 0 Å². The minimum Gasteiger partial charge on any atom is -0.341 e. The monoisotopic (exact) mass is 550 g/mol. The number of benzene rings is 3. The summed E-state index contributed by atoms with van der Waals surface area (Å²) < 4.78 is 1.92. The van der Waals surface area contributed by atoms with Gasteiger partial charge in [0, 0.05) is 24.2 Å². The molecule has 4 aromatic rings. The smallest absolute Gasteiger partial charge is 0.242 e. The number of carbonyl (C=O) groups is 2. The van der Waals surface area contributed by atoms with Gasteiger partial charge >= 0.3 is 0 Å². The van der Waals surface area contributed by atoms with Crippen molar-refractivity contribution >= 4 is 29.4 Å². The van der Waals surface area contributed by atoms with Crippen molar-refractivity contribution < 1.29 is 9.59 Å². The second-order valence-electron chi connectivity index (χ2n) is 10.8. The van der Waals surface area contributed by atoms with Crippen molar-refractivity contribution in [2.24, 2.45) is 0 Å². The molecule has 2 aliphatic heterocycles. The third-order valence-electron chi connectivity index (χ3n) is 8.04. The summed E-state index contributed by atoms with van der Waals surface area (Å²) in [6, 6.07) is 24.8. The number of hydrogen-bond acceptors (Lipinski definition) is 4. The van der Waals surface area contributed by atoms with E-state index in [2.05, 4.69) is 69.3 Å². The van der Waals surface area contributed by atoms with Gasteiger partial charge in [-0.1, -0.05) is 72.3 Å². The van der Waals surface area contributed by atoms with E-state index in [-0.39, 0.29) is 29.4 Å². The van der Waals surface area contributed by atoms with Gasteiger partial charge in [0.05, 0.1) is 22.4 Å². The van der Waals surface area contributed by atoms with Crippen LogP contribution in [0, 0.1) is 20.8 Å². The number of likely N-dealkylation sites (tertiary alicyclic amines) is 1. The molecule has 0 N–H and O–H groups in total. The predicted molar refractivity (Wildman–Crippen MR) is 162 cm³/mol. The van der Waals surface area contributed by atoms with Crippen LogP contribution in [0.3, 0.4) is 0 Å². The number of carbonyl (C=O) groups excluding carboxylic acids is 2. The third-order valence-corrected chi connectivity index (χ3v) is 9.29. The number of thioether (sulfide) groups is 1. The first-order valence-corrected chi connectivity index (χ1v) is 15.0. The largest absolute Gasteiger partial charge is 0.341 e. The Kier molecular flexibility index (Phi) is 7.24. The zero-order chi connectivity index (χ0) is 27.8. The number of hydrogen-bond donors (Lipinski definition) is 0. The molecule has 2 aliphatic rings. The molecule has 6 nitrogen and oxygen atoms in total. The fourth-order valence-corrected chi connectivity index (χ4v) is 6.95. The van der Waals surface area contributed by atoms with E-state index in [1.54, 1.807) is 16.7 Å². The zero-order valence-corrected chi connectivity index (χ0v) is 24.1. The minimum absolute atomic E-state index is 0.00854. The van der Waals surface area contributed by atoms with Crippen LogP contribution < -0.4 is 4.90 Å². The molecule has 3 heterocycles. The summed E-state index contributed by atoms with van der Waals surface area (Å²) in [5.74, 6) is 0.897. The van der Waals surface area contributed by atoms with Gasteiger partial charge in [-0.3, -0.25) is 14.5 Å². The van der Waals surface area contributed by atoms with Crippen molar-refractivity contribution in [3.05, 3.63) is 101 Å². The molecule has 0 spiro atoms. The summed E-state index contributed by atoms with van der Waals surface area (Å²) in [4.78, 5) is 31.1. The van der Waals surface area contributed by atoms with Crippen LogP contribution in [-0.2, 0) is 9.59 Å². The van der Waals surface area contributed by atoms with E-state index in [1.165, 1.54) is 5.56 Å². The number of rotatable bonds is 5. The van der Waals surface area contributed by atoms with Crippen molar-refractivity contribution in [3.8, 4) is 16.9 Å². The van der Waals surface area contributed by atoms with Gasteiger partial charge in [0.2, 0.25) is 11.8 Å². The van der Waals surface area contributed by atoms with Crippen molar-refractivity contribution in [2.75, 3.05) is 30.3 Å². The molecule has 1 atom stereocenters. The Morgan fingerprint density at radius 3 is 2.45 bits per heavy atom. The van der Waals surface area contributed by atoms with Crippen molar-refractivity contribution in [1.82, 2.24) is 14.7 Å². The molecule has 1 unspecified atom stereocenters. The molecule has 7 heteroatoms. The molecule has 1 aromatic heterocycles. The molecule has 0 aliphatic carbocycles. The lowest BCUT2D eigenvalue weighted by Gasteiger charge is -2.26. The molecular weight excluding hydrogens is 516 g/mol. The molecule has 6 rings (SSSR count). The number of anilines is 1. The molecule has 1 fully saturated rings. The summed E-state index contributed by atoms with van der Waals surface area (Å²) in [6.45, 7) is 7.78. The first-order valence-electron chi connectivity index (χ1n) is 13.9. The van der Waals surface area contributed by atoms with Crippen LogP contribution in [0.1, 0.15) is 45.9 Å². The number of aryl methyl sites for hydroxylation is 2. The predicted octanol–water partition coefficient (Wildman–Crippen LogP) is 6.26. The second kappa shape index (κ2) is 11.0. The van der Waals surface area contributed by atoms with Crippen molar-refractivity contribution in [3.63, 3.8) is 0 Å². The lowest BCUT2D eigenvalue weighted by atomic mass is 9.98. The molecule has 204 valence electrons. The SMILES string of the molecule is Cc1cccc(C2SCC(=O)N(CC(=O)N3CCCC3)c3c2c(-c2ccccc2)nn3-c2cccc(C)c2C)c1. The minimum atomic E-state index is -0.125. The number of fused-ring (bicyclic) bond motifs is 1. The average molecular weight is 551 g/mol. The van der Waals surface area contributed by atoms with Crippen LogP contribution in [0.2, 0.25) is 0 Å². The van der Waals surface area contributed by atoms with Crippen molar-refractivity contribution in [2.45, 2.75) is 38.9 Å². The molecule has 0 saturated carbocycles. The highest BCUT2D eigenvalue weighted by Gasteiger charge is 2.38. The van der Waals surface area contributed by atoms with Crippen LogP contribution in [-0.4, -0.2) is 51.9 Å². The lowest BCUT2D eigenvalue weighted by Crippen LogP contribution is -2.43. The molecule has 2 amide bonds. The summed E-state index contributed by atoms with van der Waals surface area (Å²) in [5, 5.41) is 5.12. The maximum atomic E-state index is 13.9. The van der Waals surface area contributed by atoms with E-state index >= 15 is 0 Å². The quantitative estimate of drug-likeness (QED) is 0.295. The number of aromatic nitrogens is 2. The van der Waals surface area contributed by atoms with Crippen LogP contribution in [0.15, 0.2) is 72.8 Å². The zero-order valence-electron chi connectivity index (χ0n) is 23.3. The first kappa shape index (κ1) is 26.4. The lowest BCUT2D eigenvalue weighted by molar-refractivity contribution is -0.130. The third kappa shape index (κ3) is 4.83. The van der Waals surface area contributed by atoms with E-state index in [9.17, 15) is 9.59 Å². The van der Waals surface area contributed by atoms with Crippen LogP contribution >= 0.6 is 11.8 Å². The van der Waals surface area contributed by atoms with E-state index in [1.807, 2.05) is 33.8 Å². The highest BCUT2D eigenvalue weighted by molar-refractivity contribution is 8.00. The Balaban J connectivity index is 1.63. The van der Waals surface area contributed by atoms with Crippen LogP contribution in [0.25, 0.3) is 16.9 Å². The molecular formula is C33H34N4O2S. The highest BCUT2D eigenvalue weighted by Crippen LogP contribution is 2.49. The highest BCUT2D eigenvalue weighted by atomic mass is 32.2. The van der Waals surface area contributed by atoms with Crippen molar-refractivity contribution in [1.29, 1.82) is 0 Å². The molecule has 40 heavy (non-hydrogen) atoms. The Bertz CT molecular complexity index is 1570. The molecule has 0 radical (unpaired) electrons. The normalized spacial score (nSPS) is 17.2. The Morgan fingerprint density at radius 2 is 1.70 bits per heavy atom. The Morgan fingerprint density at radius 1 is 0.950 bits per heavy atom. The van der Waals surface area contributed by atoms with Crippen LogP contribution in [0.5, 0.6) is 0 Å². The van der Waals surface area contributed by atoms with Gasteiger partial charge in [-0.15, -0.1) is 11.8 Å². The van der Waals surface area contributed by atoms with Crippen LogP contribution in [0.4, 0.5) is 5.82 Å². The fraction of sp³-hybridized carbons (Fsp3) is 0.303. The summed E-state index contributed by atoms with van der Waals surface area (Å²) in [7, 11) is 0. The van der Waals surface area contributed by atoms with Gasteiger partial charge in [-0.05, 0) is 56.4 Å². The topological polar surface area (TPSA) is 58.4 Å². The molecule has 1 saturated heterocycles. The van der Waals surface area contributed by atoms with Gasteiger partial charge in [-0.2, -0.15) is 5.10 Å². The van der Waals surface area contributed by atoms with E-state index in [0.717, 1.165) is 65.1 Å². The number of nitrogens with zero attached hydrogens (tertiary/aromatic N) is 4. The van der Waals surface area contributed by atoms with E-state index in [4.69, 9.17) is 5.10 Å². The van der Waals surface area contributed by atoms with E-state index in [0.29, 0.717) is 5.82 Å². The summed E-state index contributed by atoms with van der Waals surface area (Å²) >= 11 is 1.61. The number of amides is 2. The van der Waals surface area contributed by atoms with Gasteiger partial charge in [0.1, 0.15) is 12.4 Å². The fourth-order valence-electron chi connectivity index (χ4n) is 5.76. The first-order chi connectivity index (χ1) is 19.4. The van der Waals surface area contributed by atoms with Gasteiger partial charge in [0.25, 0.3) is 0 Å². The van der Waals surface area contributed by atoms with Gasteiger partial charge < -0.3 is 4.90 Å². The maximum absolute atomic E-state index is 13.9. The summed E-state index contributed by atoms with van der Waals surface area (Å²) in [5.41, 5.74) is 8.25. The standard InChI is InChI=1S/C33H34N4O2S/c1-22-11-9-15-26(19-22)32-30-31(25-13-5-4-6-14-25)34-37(27-16-10-12-23(2)24(27)3)33(30)36(29(39)21-40-32)20-28(38)35-17-7-8-18-35/h4-6,9-16,19,32H,7-8,17-18,20-21H2,1-3H3. The molecule has 0 bridgehead atoms. The second-order valence-corrected chi connectivity index (χ2v) is 11.8. The van der Waals surface area contributed by atoms with E-state index < -0.39 is 0 Å². The Hall–Kier alpha value is -3.84. The Labute approximate surface area is 240 Å².